The molecule has 2 heterocycles. The van der Waals surface area contributed by atoms with Crippen LogP contribution in [0, 0.1) is 5.82 Å². The van der Waals surface area contributed by atoms with Crippen LogP contribution in [0.3, 0.4) is 0 Å². The lowest BCUT2D eigenvalue weighted by molar-refractivity contribution is 0.386. The van der Waals surface area contributed by atoms with Crippen LogP contribution in [-0.2, 0) is 0 Å². The molecule has 0 saturated carbocycles. The smallest absolute Gasteiger partial charge is 0.322 e. The molecule has 26 heavy (non-hydrogen) atoms. The SMILES string of the molecule is COc1ccc(-c2nnc(Nc3nc4c(OC)cccc4[nH]3)o2)cc1F. The minimum atomic E-state index is -0.512. The summed E-state index contributed by atoms with van der Waals surface area (Å²) in [5, 5.41) is 10.7. The summed E-state index contributed by atoms with van der Waals surface area (Å²) in [6.07, 6.45) is 0. The van der Waals surface area contributed by atoms with E-state index in [1.165, 1.54) is 19.2 Å². The third-order valence-corrected chi connectivity index (χ3v) is 3.74. The number of hydrogen-bond acceptors (Lipinski definition) is 7. The fourth-order valence-electron chi connectivity index (χ4n) is 2.52. The summed E-state index contributed by atoms with van der Waals surface area (Å²) in [5.74, 6) is 0.861. The summed E-state index contributed by atoms with van der Waals surface area (Å²) in [5.41, 5.74) is 1.91. The molecule has 9 heteroatoms. The second kappa shape index (κ2) is 6.36. The highest BCUT2D eigenvalue weighted by Gasteiger charge is 2.14. The zero-order valence-corrected chi connectivity index (χ0v) is 13.9. The Morgan fingerprint density at radius 2 is 1.92 bits per heavy atom. The van der Waals surface area contributed by atoms with Crippen LogP contribution in [0.5, 0.6) is 11.5 Å². The number of aromatic nitrogens is 4. The van der Waals surface area contributed by atoms with E-state index < -0.39 is 5.82 Å². The molecule has 4 rings (SSSR count). The normalized spacial score (nSPS) is 10.9. The highest BCUT2D eigenvalue weighted by molar-refractivity contribution is 5.84. The number of hydrogen-bond donors (Lipinski definition) is 2. The quantitative estimate of drug-likeness (QED) is 0.565. The van der Waals surface area contributed by atoms with Gasteiger partial charge in [-0.25, -0.2) is 9.37 Å². The molecule has 132 valence electrons. The summed E-state index contributed by atoms with van der Waals surface area (Å²) >= 11 is 0. The van der Waals surface area contributed by atoms with Gasteiger partial charge < -0.3 is 18.9 Å². The highest BCUT2D eigenvalue weighted by atomic mass is 19.1. The second-order valence-corrected chi connectivity index (χ2v) is 5.33. The molecule has 0 aliphatic rings. The molecular weight excluding hydrogens is 341 g/mol. The van der Waals surface area contributed by atoms with Crippen molar-refractivity contribution in [3.8, 4) is 23.0 Å². The molecule has 0 radical (unpaired) electrons. The van der Waals surface area contributed by atoms with E-state index in [0.29, 0.717) is 22.8 Å². The number of anilines is 2. The van der Waals surface area contributed by atoms with Gasteiger partial charge in [-0.2, -0.15) is 0 Å². The summed E-state index contributed by atoms with van der Waals surface area (Å²) in [4.78, 5) is 7.49. The number of rotatable bonds is 5. The molecule has 0 saturated heterocycles. The molecule has 2 aromatic carbocycles. The molecule has 0 unspecified atom stereocenters. The first kappa shape index (κ1) is 15.9. The molecular formula is C17H14FN5O3. The molecule has 2 N–H and O–H groups in total. The van der Waals surface area contributed by atoms with Crippen molar-refractivity contribution >= 4 is 23.0 Å². The highest BCUT2D eigenvalue weighted by Crippen LogP contribution is 2.28. The zero-order chi connectivity index (χ0) is 18.1. The van der Waals surface area contributed by atoms with Gasteiger partial charge in [-0.05, 0) is 30.3 Å². The van der Waals surface area contributed by atoms with Crippen LogP contribution in [0.1, 0.15) is 0 Å². The lowest BCUT2D eigenvalue weighted by atomic mass is 10.2. The largest absolute Gasteiger partial charge is 0.494 e. The van der Waals surface area contributed by atoms with Crippen LogP contribution < -0.4 is 14.8 Å². The van der Waals surface area contributed by atoms with E-state index in [9.17, 15) is 4.39 Å². The molecule has 0 bridgehead atoms. The van der Waals surface area contributed by atoms with E-state index >= 15 is 0 Å². The van der Waals surface area contributed by atoms with Crippen LogP contribution >= 0.6 is 0 Å². The van der Waals surface area contributed by atoms with Gasteiger partial charge in [0, 0.05) is 5.56 Å². The maximum Gasteiger partial charge on any atom is 0.322 e. The van der Waals surface area contributed by atoms with Crippen LogP contribution in [0.4, 0.5) is 16.4 Å². The number of aromatic amines is 1. The van der Waals surface area contributed by atoms with Crippen LogP contribution in [-0.4, -0.2) is 34.4 Å². The van der Waals surface area contributed by atoms with E-state index in [2.05, 4.69) is 25.5 Å². The number of nitrogens with zero attached hydrogens (tertiary/aromatic N) is 3. The lowest BCUT2D eigenvalue weighted by Gasteiger charge is -2.01. The topological polar surface area (TPSA) is 98.1 Å². The predicted molar refractivity (Wildman–Crippen MR) is 92.2 cm³/mol. The number of nitrogens with one attached hydrogen (secondary N) is 2. The van der Waals surface area contributed by atoms with Gasteiger partial charge in [0.05, 0.1) is 19.7 Å². The zero-order valence-electron chi connectivity index (χ0n) is 13.9. The van der Waals surface area contributed by atoms with Gasteiger partial charge in [-0.3, -0.25) is 5.32 Å². The average Bonchev–Trinajstić information content (AvgIpc) is 3.28. The summed E-state index contributed by atoms with van der Waals surface area (Å²) in [6.45, 7) is 0. The summed E-state index contributed by atoms with van der Waals surface area (Å²) < 4.78 is 29.5. The van der Waals surface area contributed by atoms with Crippen molar-refractivity contribution < 1.29 is 18.3 Å². The average molecular weight is 355 g/mol. The van der Waals surface area contributed by atoms with Gasteiger partial charge in [0.15, 0.2) is 11.6 Å². The second-order valence-electron chi connectivity index (χ2n) is 5.33. The number of ether oxygens (including phenoxy) is 2. The van der Waals surface area contributed by atoms with Crippen molar-refractivity contribution in [2.75, 3.05) is 19.5 Å². The first-order valence-electron chi connectivity index (χ1n) is 7.65. The Balaban J connectivity index is 1.60. The Morgan fingerprint density at radius 1 is 1.08 bits per heavy atom. The molecule has 0 spiro atoms. The monoisotopic (exact) mass is 355 g/mol. The van der Waals surface area contributed by atoms with Crippen molar-refractivity contribution in [1.82, 2.24) is 20.2 Å². The Hall–Kier alpha value is -3.62. The van der Waals surface area contributed by atoms with Gasteiger partial charge in [0.1, 0.15) is 11.3 Å². The molecule has 0 atom stereocenters. The minimum Gasteiger partial charge on any atom is -0.494 e. The van der Waals surface area contributed by atoms with Crippen LogP contribution in [0.15, 0.2) is 40.8 Å². The standard InChI is InChI=1S/C17H14FN5O3/c1-24-12-7-6-9(8-10(12)18)15-22-23-17(26-15)21-16-19-11-4-3-5-13(25-2)14(11)20-16/h3-8H,1-2H3,(H2,19,20,21,23). The van der Waals surface area contributed by atoms with Crippen LogP contribution in [0.25, 0.3) is 22.5 Å². The fraction of sp³-hybridized carbons (Fsp3) is 0.118. The van der Waals surface area contributed by atoms with Gasteiger partial charge >= 0.3 is 6.01 Å². The van der Waals surface area contributed by atoms with Crippen molar-refractivity contribution in [2.45, 2.75) is 0 Å². The Labute approximate surface area is 147 Å². The van der Waals surface area contributed by atoms with Crippen LogP contribution in [0.2, 0.25) is 0 Å². The van der Waals surface area contributed by atoms with E-state index in [4.69, 9.17) is 13.9 Å². The third kappa shape index (κ3) is 2.79. The van der Waals surface area contributed by atoms with Gasteiger partial charge in [0.25, 0.3) is 0 Å². The number of para-hydroxylation sites is 1. The number of benzene rings is 2. The van der Waals surface area contributed by atoms with Crippen molar-refractivity contribution in [3.63, 3.8) is 0 Å². The number of halogens is 1. The van der Waals surface area contributed by atoms with Gasteiger partial charge in [-0.15, -0.1) is 5.10 Å². The van der Waals surface area contributed by atoms with Crippen molar-refractivity contribution in [2.24, 2.45) is 0 Å². The first-order valence-corrected chi connectivity index (χ1v) is 7.65. The molecule has 4 aromatic rings. The van der Waals surface area contributed by atoms with E-state index in [-0.39, 0.29) is 17.7 Å². The third-order valence-electron chi connectivity index (χ3n) is 3.74. The molecule has 0 amide bonds. The van der Waals surface area contributed by atoms with E-state index in [1.807, 2.05) is 18.2 Å². The van der Waals surface area contributed by atoms with Gasteiger partial charge in [-0.1, -0.05) is 11.2 Å². The Kier molecular flexibility index (Phi) is 3.88. The lowest BCUT2D eigenvalue weighted by Crippen LogP contribution is -1.92. The minimum absolute atomic E-state index is 0.120. The fourth-order valence-corrected chi connectivity index (χ4v) is 2.52. The maximum atomic E-state index is 13.8. The number of fused-ring (bicyclic) bond motifs is 1. The van der Waals surface area contributed by atoms with Gasteiger partial charge in [0.2, 0.25) is 11.8 Å². The summed E-state index contributed by atoms with van der Waals surface area (Å²) in [7, 11) is 2.98. The van der Waals surface area contributed by atoms with Crippen molar-refractivity contribution in [3.05, 3.63) is 42.2 Å². The van der Waals surface area contributed by atoms with E-state index in [0.717, 1.165) is 5.52 Å². The predicted octanol–water partition coefficient (Wildman–Crippen LogP) is 3.51. The molecule has 0 fully saturated rings. The Morgan fingerprint density at radius 3 is 2.69 bits per heavy atom. The summed E-state index contributed by atoms with van der Waals surface area (Å²) in [6, 6.07) is 10.0. The first-order chi connectivity index (χ1) is 12.7. The molecule has 8 nitrogen and oxygen atoms in total. The number of imidazole rings is 1. The molecule has 0 aliphatic heterocycles. The maximum absolute atomic E-state index is 13.8. The van der Waals surface area contributed by atoms with E-state index in [1.54, 1.807) is 13.2 Å². The number of H-pyrrole nitrogens is 1. The number of methoxy groups -OCH3 is 2. The Bertz CT molecular complexity index is 1080. The van der Waals surface area contributed by atoms with Crippen molar-refractivity contribution in [1.29, 1.82) is 0 Å². The molecule has 0 aliphatic carbocycles. The molecule has 2 aromatic heterocycles.